The van der Waals surface area contributed by atoms with Crippen molar-refractivity contribution in [2.75, 3.05) is 51.3 Å². The van der Waals surface area contributed by atoms with Gasteiger partial charge in [-0.2, -0.15) is 0 Å². The second-order valence-corrected chi connectivity index (χ2v) is 5.91. The smallest absolute Gasteiger partial charge is 0.251 e. The summed E-state index contributed by atoms with van der Waals surface area (Å²) >= 11 is 0. The van der Waals surface area contributed by atoms with Gasteiger partial charge in [-0.3, -0.25) is 14.5 Å². The predicted molar refractivity (Wildman–Crippen MR) is 92.9 cm³/mol. The number of anilines is 1. The lowest BCUT2D eigenvalue weighted by molar-refractivity contribution is -0.119. The van der Waals surface area contributed by atoms with Crippen LogP contribution in [0.15, 0.2) is 24.3 Å². The first-order valence-electron chi connectivity index (χ1n) is 8.29. The van der Waals surface area contributed by atoms with Crippen LogP contribution in [-0.4, -0.2) is 62.7 Å². The van der Waals surface area contributed by atoms with Crippen LogP contribution in [0.3, 0.4) is 0 Å². The van der Waals surface area contributed by atoms with E-state index in [1.807, 2.05) is 0 Å². The van der Waals surface area contributed by atoms with Crippen molar-refractivity contribution in [3.63, 3.8) is 0 Å². The summed E-state index contributed by atoms with van der Waals surface area (Å²) in [6.45, 7) is 6.82. The lowest BCUT2D eigenvalue weighted by Gasteiger charge is -2.26. The van der Waals surface area contributed by atoms with Gasteiger partial charge in [0.25, 0.3) is 5.91 Å². The highest BCUT2D eigenvalue weighted by Crippen LogP contribution is 2.11. The number of carbonyl (C=O) groups excluding carboxylic acids is 2. The highest BCUT2D eigenvalue weighted by atomic mass is 16.5. The van der Waals surface area contributed by atoms with E-state index >= 15 is 0 Å². The van der Waals surface area contributed by atoms with Crippen molar-refractivity contribution in [1.82, 2.24) is 10.2 Å². The minimum absolute atomic E-state index is 0.114. The first-order chi connectivity index (χ1) is 11.6. The Hall–Kier alpha value is -1.96. The summed E-state index contributed by atoms with van der Waals surface area (Å²) in [6, 6.07) is 6.84. The van der Waals surface area contributed by atoms with Gasteiger partial charge in [0.2, 0.25) is 5.91 Å². The van der Waals surface area contributed by atoms with Crippen molar-refractivity contribution in [2.24, 2.45) is 11.7 Å². The summed E-state index contributed by atoms with van der Waals surface area (Å²) in [5.74, 6) is -0.482. The van der Waals surface area contributed by atoms with Crippen LogP contribution in [0.5, 0.6) is 0 Å². The van der Waals surface area contributed by atoms with Gasteiger partial charge < -0.3 is 21.1 Å². The Labute approximate surface area is 142 Å². The average Bonchev–Trinajstić information content (AvgIpc) is 2.62. The summed E-state index contributed by atoms with van der Waals surface area (Å²) in [5.41, 5.74) is 6.70. The van der Waals surface area contributed by atoms with Gasteiger partial charge in [0.05, 0.1) is 13.2 Å². The van der Waals surface area contributed by atoms with Gasteiger partial charge in [-0.05, 0) is 24.3 Å². The molecular weight excluding hydrogens is 308 g/mol. The van der Waals surface area contributed by atoms with Crippen molar-refractivity contribution < 1.29 is 14.3 Å². The molecule has 4 N–H and O–H groups in total. The van der Waals surface area contributed by atoms with Crippen molar-refractivity contribution in [3.05, 3.63) is 29.8 Å². The maximum Gasteiger partial charge on any atom is 0.251 e. The molecule has 1 aliphatic rings. The van der Waals surface area contributed by atoms with Crippen LogP contribution in [0.4, 0.5) is 5.69 Å². The van der Waals surface area contributed by atoms with E-state index in [1.54, 1.807) is 31.2 Å². The molecule has 1 fully saturated rings. The van der Waals surface area contributed by atoms with Crippen LogP contribution < -0.4 is 16.4 Å². The lowest BCUT2D eigenvalue weighted by Crippen LogP contribution is -2.41. The quantitative estimate of drug-likeness (QED) is 0.666. The fourth-order valence-electron chi connectivity index (χ4n) is 2.33. The van der Waals surface area contributed by atoms with Gasteiger partial charge in [-0.15, -0.1) is 0 Å². The number of ether oxygens (including phenoxy) is 1. The third kappa shape index (κ3) is 5.59. The molecule has 0 spiro atoms. The Bertz CT molecular complexity index is 541. The minimum Gasteiger partial charge on any atom is -0.379 e. The Kier molecular flexibility index (Phi) is 7.17. The molecule has 0 aromatic heterocycles. The molecule has 132 valence electrons. The van der Waals surface area contributed by atoms with E-state index in [0.717, 1.165) is 32.8 Å². The second-order valence-electron chi connectivity index (χ2n) is 5.91. The molecule has 1 aromatic carbocycles. The van der Waals surface area contributed by atoms with Gasteiger partial charge in [-0.1, -0.05) is 6.92 Å². The van der Waals surface area contributed by atoms with Crippen LogP contribution >= 0.6 is 0 Å². The molecule has 0 aliphatic carbocycles. The lowest BCUT2D eigenvalue weighted by atomic mass is 10.1. The number of carbonyl (C=O) groups is 2. The van der Waals surface area contributed by atoms with E-state index < -0.39 is 0 Å². The Morgan fingerprint density at radius 1 is 1.25 bits per heavy atom. The topological polar surface area (TPSA) is 96.7 Å². The van der Waals surface area contributed by atoms with Crippen LogP contribution in [-0.2, 0) is 9.53 Å². The normalized spacial score (nSPS) is 16.4. The summed E-state index contributed by atoms with van der Waals surface area (Å²) in [4.78, 5) is 26.2. The molecule has 1 aliphatic heterocycles. The molecule has 7 nitrogen and oxygen atoms in total. The molecule has 24 heavy (non-hydrogen) atoms. The first-order valence-corrected chi connectivity index (χ1v) is 8.29. The first kappa shape index (κ1) is 18.4. The number of amides is 2. The zero-order valence-electron chi connectivity index (χ0n) is 14.1. The van der Waals surface area contributed by atoms with Crippen LogP contribution in [0.1, 0.15) is 17.3 Å². The third-order valence-corrected chi connectivity index (χ3v) is 4.03. The molecule has 0 bridgehead atoms. The Balaban J connectivity index is 1.77. The van der Waals surface area contributed by atoms with Gasteiger partial charge in [0, 0.05) is 49.9 Å². The SMILES string of the molecule is CC(CN)C(=O)Nc1ccc(C(=O)NCCN2CCOCC2)cc1. The number of morpholine rings is 1. The average molecular weight is 334 g/mol. The number of nitrogens with one attached hydrogen (secondary N) is 2. The van der Waals surface area contributed by atoms with E-state index in [0.29, 0.717) is 24.3 Å². The van der Waals surface area contributed by atoms with Crippen LogP contribution in [0.2, 0.25) is 0 Å². The molecule has 1 atom stereocenters. The van der Waals surface area contributed by atoms with Crippen molar-refractivity contribution in [2.45, 2.75) is 6.92 Å². The standard InChI is InChI=1S/C17H26N4O3/c1-13(12-18)16(22)20-15-4-2-14(3-5-15)17(23)19-6-7-21-8-10-24-11-9-21/h2-5,13H,6-12,18H2,1H3,(H,19,23)(H,20,22). The zero-order valence-corrected chi connectivity index (χ0v) is 14.1. The molecule has 7 heteroatoms. The number of rotatable bonds is 7. The van der Waals surface area contributed by atoms with Crippen molar-refractivity contribution in [1.29, 1.82) is 0 Å². The second kappa shape index (κ2) is 9.36. The van der Waals surface area contributed by atoms with Gasteiger partial charge in [0.15, 0.2) is 0 Å². The number of benzene rings is 1. The van der Waals surface area contributed by atoms with E-state index in [1.165, 1.54) is 0 Å². The maximum absolute atomic E-state index is 12.1. The van der Waals surface area contributed by atoms with Gasteiger partial charge in [-0.25, -0.2) is 0 Å². The molecule has 0 saturated carbocycles. The molecule has 1 saturated heterocycles. The highest BCUT2D eigenvalue weighted by molar-refractivity contribution is 5.96. The summed E-state index contributed by atoms with van der Waals surface area (Å²) in [5, 5.41) is 5.68. The van der Waals surface area contributed by atoms with Crippen molar-refractivity contribution in [3.8, 4) is 0 Å². The predicted octanol–water partition coefficient (Wildman–Crippen LogP) is 0.282. The number of hydrogen-bond acceptors (Lipinski definition) is 5. The van der Waals surface area contributed by atoms with Crippen molar-refractivity contribution >= 4 is 17.5 Å². The van der Waals surface area contributed by atoms with Gasteiger partial charge in [0.1, 0.15) is 0 Å². The largest absolute Gasteiger partial charge is 0.379 e. The number of nitrogens with two attached hydrogens (primary N) is 1. The third-order valence-electron chi connectivity index (χ3n) is 4.03. The molecule has 1 aromatic rings. The molecular formula is C17H26N4O3. The van der Waals surface area contributed by atoms with Crippen LogP contribution in [0, 0.1) is 5.92 Å². The van der Waals surface area contributed by atoms with E-state index in [9.17, 15) is 9.59 Å². The van der Waals surface area contributed by atoms with E-state index in [2.05, 4.69) is 15.5 Å². The van der Waals surface area contributed by atoms with Gasteiger partial charge >= 0.3 is 0 Å². The number of nitrogens with zero attached hydrogens (tertiary/aromatic N) is 1. The van der Waals surface area contributed by atoms with E-state index in [-0.39, 0.29) is 17.7 Å². The Morgan fingerprint density at radius 3 is 2.54 bits per heavy atom. The molecule has 2 amide bonds. The molecule has 0 radical (unpaired) electrons. The Morgan fingerprint density at radius 2 is 1.92 bits per heavy atom. The maximum atomic E-state index is 12.1. The summed E-state index contributed by atoms with van der Waals surface area (Å²) in [6.07, 6.45) is 0. The zero-order chi connectivity index (χ0) is 17.4. The minimum atomic E-state index is -0.242. The summed E-state index contributed by atoms with van der Waals surface area (Å²) in [7, 11) is 0. The molecule has 2 rings (SSSR count). The molecule has 1 unspecified atom stereocenters. The highest BCUT2D eigenvalue weighted by Gasteiger charge is 2.12. The monoisotopic (exact) mass is 334 g/mol. The summed E-state index contributed by atoms with van der Waals surface area (Å²) < 4.78 is 5.29. The fourth-order valence-corrected chi connectivity index (χ4v) is 2.33. The van der Waals surface area contributed by atoms with Crippen LogP contribution in [0.25, 0.3) is 0 Å². The fraction of sp³-hybridized carbons (Fsp3) is 0.529. The number of hydrogen-bond donors (Lipinski definition) is 3. The van der Waals surface area contributed by atoms with E-state index in [4.69, 9.17) is 10.5 Å². The molecule has 1 heterocycles.